The highest BCUT2D eigenvalue weighted by Gasteiger charge is 2.24. The second-order valence-corrected chi connectivity index (χ2v) is 2.80. The summed E-state index contributed by atoms with van der Waals surface area (Å²) in [5.74, 6) is 0. The molecule has 1 aliphatic rings. The molecule has 0 amide bonds. The van der Waals surface area contributed by atoms with Crippen molar-refractivity contribution in [3.05, 3.63) is 0 Å². The molecule has 0 aromatic rings. The van der Waals surface area contributed by atoms with Crippen LogP contribution in [0.3, 0.4) is 0 Å². The van der Waals surface area contributed by atoms with Gasteiger partial charge in [0.25, 0.3) is 0 Å². The lowest BCUT2D eigenvalue weighted by atomic mass is 10.3. The zero-order valence-corrected chi connectivity index (χ0v) is 6.41. The summed E-state index contributed by atoms with van der Waals surface area (Å²) in [7, 11) is 0. The van der Waals surface area contributed by atoms with Gasteiger partial charge in [-0.15, -0.1) is 0 Å². The predicted octanol–water partition coefficient (Wildman–Crippen LogP) is 0.600. The van der Waals surface area contributed by atoms with Gasteiger partial charge in [-0.1, -0.05) is 0 Å². The summed E-state index contributed by atoms with van der Waals surface area (Å²) < 4.78 is 0. The highest BCUT2D eigenvalue weighted by atomic mass is 16.7. The van der Waals surface area contributed by atoms with Gasteiger partial charge in [-0.05, 0) is 20.3 Å². The minimum Gasteiger partial charge on any atom is -0.300 e. The van der Waals surface area contributed by atoms with E-state index in [1.165, 1.54) is 0 Å². The van der Waals surface area contributed by atoms with Crippen molar-refractivity contribution in [2.24, 2.45) is 0 Å². The third kappa shape index (κ3) is 1.55. The SMILES string of the molecule is CC(C)N1CCC(C=O)O1. The van der Waals surface area contributed by atoms with Crippen molar-refractivity contribution in [1.29, 1.82) is 0 Å². The molecule has 1 heterocycles. The maximum atomic E-state index is 10.2. The van der Waals surface area contributed by atoms with Crippen LogP contribution in [0.2, 0.25) is 0 Å². The Morgan fingerprint density at radius 2 is 2.40 bits per heavy atom. The van der Waals surface area contributed by atoms with Crippen LogP contribution in [-0.4, -0.2) is 30.0 Å². The van der Waals surface area contributed by atoms with E-state index in [1.54, 1.807) is 0 Å². The van der Waals surface area contributed by atoms with Crippen LogP contribution in [0, 0.1) is 0 Å². The van der Waals surface area contributed by atoms with Crippen LogP contribution in [0.4, 0.5) is 0 Å². The minimum atomic E-state index is -0.192. The molecule has 58 valence electrons. The lowest BCUT2D eigenvalue weighted by molar-refractivity contribution is -0.167. The highest BCUT2D eigenvalue weighted by Crippen LogP contribution is 2.13. The minimum absolute atomic E-state index is 0.192. The van der Waals surface area contributed by atoms with E-state index in [9.17, 15) is 4.79 Å². The summed E-state index contributed by atoms with van der Waals surface area (Å²) in [6.07, 6.45) is 1.51. The molecule has 0 N–H and O–H groups in total. The molecule has 0 saturated carbocycles. The molecule has 3 nitrogen and oxygen atoms in total. The summed E-state index contributed by atoms with van der Waals surface area (Å²) >= 11 is 0. The van der Waals surface area contributed by atoms with Crippen molar-refractivity contribution in [2.45, 2.75) is 32.4 Å². The van der Waals surface area contributed by atoms with Crippen molar-refractivity contribution < 1.29 is 9.63 Å². The second kappa shape index (κ2) is 3.12. The molecule has 10 heavy (non-hydrogen) atoms. The Bertz CT molecular complexity index is 125. The lowest BCUT2D eigenvalue weighted by Crippen LogP contribution is -2.27. The first-order chi connectivity index (χ1) is 4.74. The third-order valence-corrected chi connectivity index (χ3v) is 1.63. The summed E-state index contributed by atoms with van der Waals surface area (Å²) in [6, 6.07) is 0.380. The van der Waals surface area contributed by atoms with Crippen LogP contribution in [-0.2, 0) is 9.63 Å². The van der Waals surface area contributed by atoms with E-state index in [2.05, 4.69) is 0 Å². The molecule has 1 aliphatic heterocycles. The number of rotatable bonds is 2. The fourth-order valence-corrected chi connectivity index (χ4v) is 1.01. The van der Waals surface area contributed by atoms with E-state index in [0.717, 1.165) is 19.3 Å². The first-order valence-corrected chi connectivity index (χ1v) is 3.62. The van der Waals surface area contributed by atoms with Gasteiger partial charge in [0.2, 0.25) is 0 Å². The number of carbonyl (C=O) groups is 1. The zero-order valence-electron chi connectivity index (χ0n) is 6.41. The smallest absolute Gasteiger partial charge is 0.150 e. The second-order valence-electron chi connectivity index (χ2n) is 2.80. The molecule has 0 aromatic carbocycles. The van der Waals surface area contributed by atoms with Crippen LogP contribution in [0.15, 0.2) is 0 Å². The first-order valence-electron chi connectivity index (χ1n) is 3.62. The molecule has 1 unspecified atom stereocenters. The highest BCUT2D eigenvalue weighted by molar-refractivity contribution is 5.56. The van der Waals surface area contributed by atoms with E-state index < -0.39 is 0 Å². The normalized spacial score (nSPS) is 27.7. The average molecular weight is 143 g/mol. The number of hydroxylamine groups is 2. The van der Waals surface area contributed by atoms with E-state index >= 15 is 0 Å². The van der Waals surface area contributed by atoms with E-state index in [1.807, 2.05) is 18.9 Å². The maximum Gasteiger partial charge on any atom is 0.150 e. The van der Waals surface area contributed by atoms with E-state index in [4.69, 9.17) is 4.84 Å². The zero-order chi connectivity index (χ0) is 7.56. The molecule has 1 rings (SSSR count). The predicted molar refractivity (Wildman–Crippen MR) is 37.4 cm³/mol. The number of aldehydes is 1. The van der Waals surface area contributed by atoms with Crippen molar-refractivity contribution in [1.82, 2.24) is 5.06 Å². The molecule has 0 aromatic heterocycles. The molecule has 1 fully saturated rings. The van der Waals surface area contributed by atoms with Crippen LogP contribution in [0.25, 0.3) is 0 Å². The molecule has 1 saturated heterocycles. The Labute approximate surface area is 60.9 Å². The van der Waals surface area contributed by atoms with Crippen molar-refractivity contribution in [3.63, 3.8) is 0 Å². The Morgan fingerprint density at radius 3 is 2.70 bits per heavy atom. The van der Waals surface area contributed by atoms with Gasteiger partial charge < -0.3 is 4.79 Å². The number of carbonyl (C=O) groups excluding carboxylic acids is 1. The molecule has 1 atom stereocenters. The Hall–Kier alpha value is -0.410. The molecule has 3 heteroatoms. The Morgan fingerprint density at radius 1 is 1.70 bits per heavy atom. The van der Waals surface area contributed by atoms with E-state index in [-0.39, 0.29) is 6.10 Å². The average Bonchev–Trinajstić information content (AvgIpc) is 2.34. The van der Waals surface area contributed by atoms with Crippen LogP contribution >= 0.6 is 0 Å². The monoisotopic (exact) mass is 143 g/mol. The van der Waals surface area contributed by atoms with Crippen LogP contribution in [0.1, 0.15) is 20.3 Å². The molecule has 0 bridgehead atoms. The lowest BCUT2D eigenvalue weighted by Gasteiger charge is -2.18. The van der Waals surface area contributed by atoms with Gasteiger partial charge in [0.05, 0.1) is 0 Å². The summed E-state index contributed by atoms with van der Waals surface area (Å²) in [4.78, 5) is 15.5. The molecule has 0 spiro atoms. The van der Waals surface area contributed by atoms with Gasteiger partial charge in [-0.3, -0.25) is 4.84 Å². The van der Waals surface area contributed by atoms with Crippen LogP contribution in [0.5, 0.6) is 0 Å². The number of hydrogen-bond acceptors (Lipinski definition) is 3. The molecule has 0 aliphatic carbocycles. The molecule has 0 radical (unpaired) electrons. The van der Waals surface area contributed by atoms with Gasteiger partial charge in [-0.2, -0.15) is 5.06 Å². The van der Waals surface area contributed by atoms with Gasteiger partial charge in [0.15, 0.2) is 6.29 Å². The van der Waals surface area contributed by atoms with Gasteiger partial charge in [0, 0.05) is 12.6 Å². The summed E-state index contributed by atoms with van der Waals surface area (Å²) in [5.41, 5.74) is 0. The third-order valence-electron chi connectivity index (χ3n) is 1.63. The van der Waals surface area contributed by atoms with Gasteiger partial charge in [-0.25, -0.2) is 0 Å². The first kappa shape index (κ1) is 7.69. The molecular weight excluding hydrogens is 130 g/mol. The topological polar surface area (TPSA) is 29.5 Å². The maximum absolute atomic E-state index is 10.2. The van der Waals surface area contributed by atoms with Crippen molar-refractivity contribution in [2.75, 3.05) is 6.54 Å². The fraction of sp³-hybridized carbons (Fsp3) is 0.857. The van der Waals surface area contributed by atoms with Gasteiger partial charge in [0.1, 0.15) is 6.10 Å². The fourth-order valence-electron chi connectivity index (χ4n) is 1.01. The molecular formula is C7H13NO2. The van der Waals surface area contributed by atoms with Gasteiger partial charge >= 0.3 is 0 Å². The van der Waals surface area contributed by atoms with Crippen LogP contribution < -0.4 is 0 Å². The van der Waals surface area contributed by atoms with Crippen molar-refractivity contribution in [3.8, 4) is 0 Å². The quantitative estimate of drug-likeness (QED) is 0.530. The Balaban J connectivity index is 2.35. The largest absolute Gasteiger partial charge is 0.300 e. The standard InChI is InChI=1S/C7H13NO2/c1-6(2)8-4-3-7(5-9)10-8/h5-7H,3-4H2,1-2H3. The number of nitrogens with zero attached hydrogens (tertiary/aromatic N) is 1. The summed E-state index contributed by atoms with van der Waals surface area (Å²) in [5, 5.41) is 1.85. The Kier molecular flexibility index (Phi) is 2.40. The summed E-state index contributed by atoms with van der Waals surface area (Å²) in [6.45, 7) is 4.97. The van der Waals surface area contributed by atoms with Crippen molar-refractivity contribution >= 4 is 6.29 Å². The van der Waals surface area contributed by atoms with E-state index in [0.29, 0.717) is 6.04 Å². The number of hydrogen-bond donors (Lipinski definition) is 0.